The lowest BCUT2D eigenvalue weighted by atomic mass is 10.2. The standard InChI is InChI=1S/C19H22N2O4S/c1-13-4-11-18(25-3)19(12-13)26(23,24)20-15-5-7-16(8-6-15)21(14(2)22)17-9-10-17/h4-8,11-12,17,20H,9-10H2,1-3H3. The maximum absolute atomic E-state index is 12.7. The number of nitrogens with one attached hydrogen (secondary N) is 1. The maximum Gasteiger partial charge on any atom is 0.265 e. The quantitative estimate of drug-likeness (QED) is 0.842. The summed E-state index contributed by atoms with van der Waals surface area (Å²) >= 11 is 0. The van der Waals surface area contributed by atoms with E-state index >= 15 is 0 Å². The monoisotopic (exact) mass is 374 g/mol. The van der Waals surface area contributed by atoms with Gasteiger partial charge in [0.25, 0.3) is 10.0 Å². The molecule has 26 heavy (non-hydrogen) atoms. The summed E-state index contributed by atoms with van der Waals surface area (Å²) < 4.78 is 33.2. The van der Waals surface area contributed by atoms with Crippen LogP contribution in [0.25, 0.3) is 0 Å². The third-order valence-electron chi connectivity index (χ3n) is 4.26. The van der Waals surface area contributed by atoms with Crippen molar-refractivity contribution >= 4 is 27.3 Å². The molecule has 0 unspecified atom stereocenters. The molecule has 1 fully saturated rings. The number of rotatable bonds is 6. The minimum absolute atomic E-state index is 0.00896. The van der Waals surface area contributed by atoms with Gasteiger partial charge in [-0.2, -0.15) is 0 Å². The van der Waals surface area contributed by atoms with Gasteiger partial charge in [-0.05, 0) is 61.7 Å². The van der Waals surface area contributed by atoms with E-state index in [-0.39, 0.29) is 22.6 Å². The third kappa shape index (κ3) is 3.83. The number of anilines is 2. The SMILES string of the molecule is COc1ccc(C)cc1S(=O)(=O)Nc1ccc(N(C(C)=O)C2CC2)cc1. The minimum Gasteiger partial charge on any atom is -0.495 e. The van der Waals surface area contributed by atoms with E-state index in [4.69, 9.17) is 4.74 Å². The highest BCUT2D eigenvalue weighted by Crippen LogP contribution is 2.33. The first kappa shape index (κ1) is 18.3. The number of carbonyl (C=O) groups is 1. The first-order valence-corrected chi connectivity index (χ1v) is 9.87. The predicted molar refractivity (Wildman–Crippen MR) is 101 cm³/mol. The fourth-order valence-electron chi connectivity index (χ4n) is 2.88. The predicted octanol–water partition coefficient (Wildman–Crippen LogP) is 3.32. The van der Waals surface area contributed by atoms with Crippen molar-refractivity contribution in [2.24, 2.45) is 0 Å². The summed E-state index contributed by atoms with van der Waals surface area (Å²) in [7, 11) is -2.35. The average molecular weight is 374 g/mol. The highest BCUT2D eigenvalue weighted by Gasteiger charge is 2.32. The number of aryl methyl sites for hydroxylation is 1. The fraction of sp³-hybridized carbons (Fsp3) is 0.316. The number of hydrogen-bond acceptors (Lipinski definition) is 4. The molecule has 0 atom stereocenters. The average Bonchev–Trinajstić information content (AvgIpc) is 3.41. The first-order valence-electron chi connectivity index (χ1n) is 8.39. The Kier molecular flexibility index (Phi) is 4.91. The smallest absolute Gasteiger partial charge is 0.265 e. The number of amides is 1. The van der Waals surface area contributed by atoms with Crippen LogP contribution in [0.1, 0.15) is 25.3 Å². The Morgan fingerprint density at radius 3 is 2.35 bits per heavy atom. The number of nitrogens with zero attached hydrogens (tertiary/aromatic N) is 1. The van der Waals surface area contributed by atoms with Crippen LogP contribution in [0.15, 0.2) is 47.4 Å². The number of sulfonamides is 1. The molecule has 0 aromatic heterocycles. The number of ether oxygens (including phenoxy) is 1. The summed E-state index contributed by atoms with van der Waals surface area (Å²) in [6, 6.07) is 12.1. The number of benzene rings is 2. The van der Waals surface area contributed by atoms with Crippen molar-refractivity contribution in [3.63, 3.8) is 0 Å². The highest BCUT2D eigenvalue weighted by molar-refractivity contribution is 7.92. The number of carbonyl (C=O) groups excluding carboxylic acids is 1. The molecule has 7 heteroatoms. The molecule has 0 aliphatic heterocycles. The zero-order chi connectivity index (χ0) is 18.9. The molecule has 1 aliphatic rings. The normalized spacial score (nSPS) is 14.0. The van der Waals surface area contributed by atoms with Gasteiger partial charge in [0.15, 0.2) is 0 Å². The Balaban J connectivity index is 1.84. The van der Waals surface area contributed by atoms with Gasteiger partial charge in [-0.1, -0.05) is 6.07 Å². The summed E-state index contributed by atoms with van der Waals surface area (Å²) in [5.41, 5.74) is 2.02. The van der Waals surface area contributed by atoms with Crippen molar-refractivity contribution in [1.29, 1.82) is 0 Å². The van der Waals surface area contributed by atoms with Crippen molar-refractivity contribution < 1.29 is 17.9 Å². The number of hydrogen-bond donors (Lipinski definition) is 1. The van der Waals surface area contributed by atoms with E-state index < -0.39 is 10.0 Å². The number of methoxy groups -OCH3 is 1. The van der Waals surface area contributed by atoms with Crippen LogP contribution in [0.2, 0.25) is 0 Å². The van der Waals surface area contributed by atoms with Gasteiger partial charge in [0.05, 0.1) is 7.11 Å². The van der Waals surface area contributed by atoms with Gasteiger partial charge in [-0.3, -0.25) is 9.52 Å². The Bertz CT molecular complexity index is 919. The molecule has 0 heterocycles. The van der Waals surface area contributed by atoms with Gasteiger partial charge in [-0.25, -0.2) is 8.42 Å². The van der Waals surface area contributed by atoms with Gasteiger partial charge in [0.2, 0.25) is 5.91 Å². The van der Waals surface area contributed by atoms with Crippen molar-refractivity contribution in [2.75, 3.05) is 16.7 Å². The van der Waals surface area contributed by atoms with E-state index in [1.54, 1.807) is 54.3 Å². The molecule has 1 N–H and O–H groups in total. The first-order chi connectivity index (χ1) is 12.3. The maximum atomic E-state index is 12.7. The largest absolute Gasteiger partial charge is 0.495 e. The van der Waals surface area contributed by atoms with E-state index in [0.29, 0.717) is 5.69 Å². The summed E-state index contributed by atoms with van der Waals surface area (Å²) in [6.45, 7) is 3.36. The van der Waals surface area contributed by atoms with Gasteiger partial charge >= 0.3 is 0 Å². The van der Waals surface area contributed by atoms with E-state index in [1.807, 2.05) is 6.92 Å². The molecular weight excluding hydrogens is 352 g/mol. The zero-order valence-electron chi connectivity index (χ0n) is 15.0. The Labute approximate surface area is 153 Å². The van der Waals surface area contributed by atoms with Crippen LogP contribution in [0.5, 0.6) is 5.75 Å². The molecule has 1 aliphatic carbocycles. The lowest BCUT2D eigenvalue weighted by Gasteiger charge is -2.21. The third-order valence-corrected chi connectivity index (χ3v) is 5.66. The molecule has 0 spiro atoms. The van der Waals surface area contributed by atoms with Crippen molar-refractivity contribution in [3.05, 3.63) is 48.0 Å². The molecule has 2 aromatic carbocycles. The second-order valence-electron chi connectivity index (χ2n) is 6.43. The Morgan fingerprint density at radius 1 is 1.15 bits per heavy atom. The van der Waals surface area contributed by atoms with Crippen LogP contribution in [0.4, 0.5) is 11.4 Å². The van der Waals surface area contributed by atoms with Gasteiger partial charge in [0.1, 0.15) is 10.6 Å². The molecule has 0 radical (unpaired) electrons. The minimum atomic E-state index is -3.79. The summed E-state index contributed by atoms with van der Waals surface area (Å²) in [5, 5.41) is 0. The Morgan fingerprint density at radius 2 is 1.81 bits per heavy atom. The fourth-order valence-corrected chi connectivity index (χ4v) is 4.19. The second kappa shape index (κ2) is 6.99. The van der Waals surface area contributed by atoms with Crippen LogP contribution >= 0.6 is 0 Å². The van der Waals surface area contributed by atoms with E-state index in [1.165, 1.54) is 7.11 Å². The van der Waals surface area contributed by atoms with Gasteiger partial charge < -0.3 is 9.64 Å². The summed E-state index contributed by atoms with van der Waals surface area (Å²) in [4.78, 5) is 13.7. The van der Waals surface area contributed by atoms with Crippen LogP contribution in [-0.2, 0) is 14.8 Å². The molecule has 0 saturated heterocycles. The van der Waals surface area contributed by atoms with E-state index in [9.17, 15) is 13.2 Å². The van der Waals surface area contributed by atoms with Crippen molar-refractivity contribution in [1.82, 2.24) is 0 Å². The Hall–Kier alpha value is -2.54. The van der Waals surface area contributed by atoms with Crippen LogP contribution in [-0.4, -0.2) is 27.5 Å². The zero-order valence-corrected chi connectivity index (χ0v) is 15.8. The lowest BCUT2D eigenvalue weighted by Crippen LogP contribution is -2.30. The molecule has 1 amide bonds. The topological polar surface area (TPSA) is 75.7 Å². The molecular formula is C19H22N2O4S. The van der Waals surface area contributed by atoms with Crippen molar-refractivity contribution in [3.8, 4) is 5.75 Å². The molecule has 3 rings (SSSR count). The summed E-state index contributed by atoms with van der Waals surface area (Å²) in [6.07, 6.45) is 2.00. The lowest BCUT2D eigenvalue weighted by molar-refractivity contribution is -0.116. The van der Waals surface area contributed by atoms with E-state index in [2.05, 4.69) is 4.72 Å². The second-order valence-corrected chi connectivity index (χ2v) is 8.08. The molecule has 6 nitrogen and oxygen atoms in total. The van der Waals surface area contributed by atoms with Gasteiger partial charge in [-0.15, -0.1) is 0 Å². The summed E-state index contributed by atoms with van der Waals surface area (Å²) in [5.74, 6) is 0.279. The van der Waals surface area contributed by atoms with E-state index in [0.717, 1.165) is 24.1 Å². The molecule has 0 bridgehead atoms. The molecule has 2 aromatic rings. The molecule has 138 valence electrons. The van der Waals surface area contributed by atoms with Crippen LogP contribution in [0.3, 0.4) is 0 Å². The van der Waals surface area contributed by atoms with Crippen molar-refractivity contribution in [2.45, 2.75) is 37.6 Å². The van der Waals surface area contributed by atoms with Crippen LogP contribution < -0.4 is 14.4 Å². The van der Waals surface area contributed by atoms with Crippen LogP contribution in [0, 0.1) is 6.92 Å². The van der Waals surface area contributed by atoms with Gasteiger partial charge in [0, 0.05) is 24.3 Å². The molecule has 1 saturated carbocycles. The highest BCUT2D eigenvalue weighted by atomic mass is 32.2.